The first-order valence-corrected chi connectivity index (χ1v) is 12.2. The Hall–Kier alpha value is -2.36. The molecule has 1 aliphatic heterocycles. The summed E-state index contributed by atoms with van der Waals surface area (Å²) < 4.78 is 81.1. The van der Waals surface area contributed by atoms with Crippen LogP contribution in [0.3, 0.4) is 0 Å². The molecule has 36 heavy (non-hydrogen) atoms. The van der Waals surface area contributed by atoms with Gasteiger partial charge in [-0.2, -0.15) is 17.6 Å². The number of carbonyl (C=O) groups is 1. The lowest BCUT2D eigenvalue weighted by molar-refractivity contribution is -0.389. The smallest absolute Gasteiger partial charge is 0.427 e. The first kappa shape index (κ1) is 29.9. The number of ether oxygens (including phenoxy) is 3. The molecule has 15 heteroatoms. The van der Waals surface area contributed by atoms with E-state index in [1.807, 2.05) is 0 Å². The minimum absolute atomic E-state index is 0.0367. The van der Waals surface area contributed by atoms with Gasteiger partial charge in [0.2, 0.25) is 17.7 Å². The molecule has 1 aromatic rings. The molecule has 0 saturated carbocycles. The molecule has 0 radical (unpaired) electrons. The molecule has 204 valence electrons. The molecule has 0 unspecified atom stereocenters. The average molecular weight is 545 g/mol. The van der Waals surface area contributed by atoms with Gasteiger partial charge in [-0.25, -0.2) is 4.79 Å². The SMILES string of the molecule is COC[C@@H](Oc1cc(C[C@@H]2C[S@+]([O-])C[C@H](NC(=O)OC(C)(C)C)[C@H]2O)cc(F)c1[N+](=O)[O-])C(F)(F)F. The molecule has 1 aromatic carbocycles. The fraction of sp³-hybridized carbons (Fsp3) is 0.667. The summed E-state index contributed by atoms with van der Waals surface area (Å²) in [4.78, 5) is 22.2. The van der Waals surface area contributed by atoms with Crippen molar-refractivity contribution in [3.8, 4) is 5.75 Å². The van der Waals surface area contributed by atoms with Gasteiger partial charge in [-0.15, -0.1) is 0 Å². The second-order valence-corrected chi connectivity index (χ2v) is 10.8. The van der Waals surface area contributed by atoms with Gasteiger partial charge >= 0.3 is 18.0 Å². The number of hydrogen-bond acceptors (Lipinski definition) is 8. The van der Waals surface area contributed by atoms with Crippen molar-refractivity contribution < 1.29 is 51.1 Å². The van der Waals surface area contributed by atoms with Crippen molar-refractivity contribution in [2.45, 2.75) is 57.2 Å². The van der Waals surface area contributed by atoms with E-state index in [0.717, 1.165) is 19.2 Å². The Balaban J connectivity index is 2.31. The summed E-state index contributed by atoms with van der Waals surface area (Å²) in [5.41, 5.74) is -2.15. The Morgan fingerprint density at radius 1 is 1.31 bits per heavy atom. The molecule has 1 aliphatic rings. The van der Waals surface area contributed by atoms with Crippen molar-refractivity contribution in [3.63, 3.8) is 0 Å². The number of nitrogens with zero attached hydrogens (tertiary/aromatic N) is 1. The van der Waals surface area contributed by atoms with Crippen LogP contribution < -0.4 is 10.1 Å². The molecular weight excluding hydrogens is 516 g/mol. The van der Waals surface area contributed by atoms with Crippen LogP contribution in [0.1, 0.15) is 26.3 Å². The van der Waals surface area contributed by atoms with Gasteiger partial charge in [0.1, 0.15) is 23.1 Å². The van der Waals surface area contributed by atoms with E-state index in [0.29, 0.717) is 0 Å². The maximum absolute atomic E-state index is 14.6. The minimum atomic E-state index is -4.96. The second-order valence-electron chi connectivity index (χ2n) is 9.27. The van der Waals surface area contributed by atoms with Crippen molar-refractivity contribution in [2.75, 3.05) is 25.2 Å². The highest BCUT2D eigenvalue weighted by atomic mass is 32.2. The van der Waals surface area contributed by atoms with E-state index in [9.17, 15) is 42.1 Å². The van der Waals surface area contributed by atoms with E-state index < -0.39 is 82.0 Å². The van der Waals surface area contributed by atoms with E-state index in [4.69, 9.17) is 9.47 Å². The van der Waals surface area contributed by atoms with Crippen LogP contribution in [0.25, 0.3) is 0 Å². The lowest BCUT2D eigenvalue weighted by atomic mass is 9.91. The Kier molecular flexibility index (Phi) is 9.78. The predicted octanol–water partition coefficient (Wildman–Crippen LogP) is 2.87. The molecule has 10 nitrogen and oxygen atoms in total. The molecular formula is C21H28F4N2O8S. The number of halogens is 4. The Labute approximate surface area is 207 Å². The molecule has 0 aromatic heterocycles. The maximum atomic E-state index is 14.6. The van der Waals surface area contributed by atoms with Crippen molar-refractivity contribution in [2.24, 2.45) is 5.92 Å². The number of methoxy groups -OCH3 is 1. The first-order chi connectivity index (χ1) is 16.5. The highest BCUT2D eigenvalue weighted by molar-refractivity contribution is 7.91. The lowest BCUT2D eigenvalue weighted by Crippen LogP contribution is -2.56. The highest BCUT2D eigenvalue weighted by Crippen LogP contribution is 2.36. The third kappa shape index (κ3) is 8.35. The van der Waals surface area contributed by atoms with Crippen LogP contribution >= 0.6 is 0 Å². The van der Waals surface area contributed by atoms with E-state index in [1.54, 1.807) is 20.8 Å². The van der Waals surface area contributed by atoms with Gasteiger partial charge in [0.05, 0.1) is 17.6 Å². The number of rotatable bonds is 8. The molecule has 0 spiro atoms. The number of amides is 1. The number of aliphatic hydroxyl groups is 1. The molecule has 2 rings (SSSR count). The van der Waals surface area contributed by atoms with Crippen LogP contribution in [-0.4, -0.2) is 75.9 Å². The van der Waals surface area contributed by atoms with Crippen molar-refractivity contribution >= 4 is 23.0 Å². The number of carbonyl (C=O) groups excluding carboxylic acids is 1. The summed E-state index contributed by atoms with van der Waals surface area (Å²) >= 11 is -1.51. The fourth-order valence-electron chi connectivity index (χ4n) is 3.61. The van der Waals surface area contributed by atoms with Gasteiger partial charge in [0.15, 0.2) is 0 Å². The van der Waals surface area contributed by atoms with Gasteiger partial charge < -0.3 is 29.2 Å². The van der Waals surface area contributed by atoms with Gasteiger partial charge in [0.25, 0.3) is 0 Å². The Morgan fingerprint density at radius 2 is 1.94 bits per heavy atom. The van der Waals surface area contributed by atoms with E-state index >= 15 is 0 Å². The first-order valence-electron chi connectivity index (χ1n) is 10.7. The van der Waals surface area contributed by atoms with E-state index in [2.05, 4.69) is 10.1 Å². The van der Waals surface area contributed by atoms with Crippen LogP contribution in [0.2, 0.25) is 0 Å². The fourth-order valence-corrected chi connectivity index (χ4v) is 5.22. The molecule has 5 atom stereocenters. The monoisotopic (exact) mass is 544 g/mol. The summed E-state index contributed by atoms with van der Waals surface area (Å²) in [6, 6.07) is 0.634. The molecule has 0 aliphatic carbocycles. The summed E-state index contributed by atoms with van der Waals surface area (Å²) in [6.45, 7) is 3.89. The van der Waals surface area contributed by atoms with Gasteiger partial charge in [0, 0.05) is 13.0 Å². The quantitative estimate of drug-likeness (QED) is 0.220. The van der Waals surface area contributed by atoms with Crippen LogP contribution in [0.4, 0.5) is 28.0 Å². The third-order valence-corrected chi connectivity index (χ3v) is 6.61. The third-order valence-electron chi connectivity index (χ3n) is 5.08. The topological polar surface area (TPSA) is 143 Å². The minimum Gasteiger partial charge on any atom is -0.616 e. The summed E-state index contributed by atoms with van der Waals surface area (Å²) in [6.07, 6.45) is -9.91. The molecule has 1 saturated heterocycles. The normalized spacial score (nSPS) is 23.6. The number of alkyl carbamates (subject to hydrolysis) is 1. The lowest BCUT2D eigenvalue weighted by Gasteiger charge is -2.36. The zero-order valence-electron chi connectivity index (χ0n) is 20.0. The zero-order valence-corrected chi connectivity index (χ0v) is 20.8. The van der Waals surface area contributed by atoms with Gasteiger partial charge in [-0.05, 0) is 44.9 Å². The molecule has 1 heterocycles. The molecule has 2 N–H and O–H groups in total. The van der Waals surface area contributed by atoms with Gasteiger partial charge in [-0.3, -0.25) is 10.1 Å². The van der Waals surface area contributed by atoms with Crippen molar-refractivity contribution in [3.05, 3.63) is 33.6 Å². The zero-order chi connectivity index (χ0) is 27.4. The average Bonchev–Trinajstić information content (AvgIpc) is 2.68. The highest BCUT2D eigenvalue weighted by Gasteiger charge is 2.44. The van der Waals surface area contributed by atoms with E-state index in [-0.39, 0.29) is 23.5 Å². The number of nitro benzene ring substituents is 1. The van der Waals surface area contributed by atoms with Crippen LogP contribution in [0.5, 0.6) is 5.75 Å². The summed E-state index contributed by atoms with van der Waals surface area (Å²) in [5.74, 6) is -3.38. The van der Waals surface area contributed by atoms with Crippen LogP contribution in [-0.2, 0) is 27.1 Å². The number of nitrogens with one attached hydrogen (secondary N) is 1. The number of hydrogen-bond donors (Lipinski definition) is 2. The summed E-state index contributed by atoms with van der Waals surface area (Å²) in [7, 11) is 0.972. The van der Waals surface area contributed by atoms with Crippen molar-refractivity contribution in [1.82, 2.24) is 5.32 Å². The van der Waals surface area contributed by atoms with Gasteiger partial charge in [-0.1, -0.05) is 11.2 Å². The summed E-state index contributed by atoms with van der Waals surface area (Å²) in [5, 5.41) is 24.5. The standard InChI is InChI=1S/C21H28F4N2O8S/c1-20(2,3)35-19(29)26-14-10-36(32)9-12(18(14)28)5-11-6-13(22)17(27(30)31)15(7-11)34-16(8-33-4)21(23,24)25/h6-7,12,14,16,18,28H,5,8-10H2,1-4H3,(H,26,29)/t12-,14+,16-,18+,36+/m1/s1. The number of aliphatic hydroxyl groups excluding tert-OH is 1. The number of alkyl halides is 3. The predicted molar refractivity (Wildman–Crippen MR) is 120 cm³/mol. The van der Waals surface area contributed by atoms with Crippen LogP contribution in [0, 0.1) is 21.8 Å². The molecule has 0 bridgehead atoms. The van der Waals surface area contributed by atoms with Crippen LogP contribution in [0.15, 0.2) is 12.1 Å². The van der Waals surface area contributed by atoms with Crippen molar-refractivity contribution in [1.29, 1.82) is 0 Å². The Bertz CT molecular complexity index is 944. The second kappa shape index (κ2) is 11.8. The van der Waals surface area contributed by atoms with E-state index in [1.165, 1.54) is 0 Å². The number of benzene rings is 1. The molecule has 1 amide bonds. The maximum Gasteiger partial charge on any atom is 0.427 e. The number of nitro groups is 1. The largest absolute Gasteiger partial charge is 0.616 e. The molecule has 1 fully saturated rings. The Morgan fingerprint density at radius 3 is 2.47 bits per heavy atom.